The van der Waals surface area contributed by atoms with E-state index in [4.69, 9.17) is 4.74 Å². The van der Waals surface area contributed by atoms with Crippen molar-refractivity contribution in [2.75, 3.05) is 11.9 Å². The Bertz CT molecular complexity index is 938. The van der Waals surface area contributed by atoms with Gasteiger partial charge in [0.15, 0.2) is 0 Å². The number of benzene rings is 2. The number of hydrogen-bond donors (Lipinski definition) is 2. The van der Waals surface area contributed by atoms with Crippen LogP contribution in [0.15, 0.2) is 48.5 Å². The molecule has 0 atom stereocenters. The quantitative estimate of drug-likeness (QED) is 0.689. The third-order valence-electron chi connectivity index (χ3n) is 3.46. The molecule has 132 valence electrons. The lowest BCUT2D eigenvalue weighted by molar-refractivity contribution is 0.0692. The fraction of sp³-hybridized carbons (Fsp3) is 0.111. The topological polar surface area (TPSA) is 101 Å². The number of carboxylic acids is 1. The molecule has 1 amide bonds. The number of ether oxygens (including phenoxy) is 1. The van der Waals surface area contributed by atoms with Crippen molar-refractivity contribution in [2.24, 2.45) is 0 Å². The lowest BCUT2D eigenvalue weighted by Gasteiger charge is -2.04. The van der Waals surface area contributed by atoms with E-state index < -0.39 is 11.9 Å². The van der Waals surface area contributed by atoms with E-state index in [0.29, 0.717) is 16.7 Å². The van der Waals surface area contributed by atoms with Crippen LogP contribution in [0, 0.1) is 0 Å². The average molecular weight is 369 g/mol. The van der Waals surface area contributed by atoms with Gasteiger partial charge >= 0.3 is 5.97 Å². The fourth-order valence-electron chi connectivity index (χ4n) is 2.28. The molecule has 0 aliphatic carbocycles. The van der Waals surface area contributed by atoms with Gasteiger partial charge in [-0.3, -0.25) is 10.1 Å². The van der Waals surface area contributed by atoms with E-state index in [1.165, 1.54) is 23.5 Å². The Morgan fingerprint density at radius 2 is 1.77 bits per heavy atom. The van der Waals surface area contributed by atoms with E-state index in [9.17, 15) is 14.7 Å². The van der Waals surface area contributed by atoms with Gasteiger partial charge in [0.2, 0.25) is 5.13 Å². The van der Waals surface area contributed by atoms with E-state index in [1.807, 2.05) is 31.2 Å². The number of hydrogen-bond acceptors (Lipinski definition) is 6. The summed E-state index contributed by atoms with van der Waals surface area (Å²) in [6.07, 6.45) is 0. The SMILES string of the molecule is CCOc1ccc(-c2nnc(NC(=O)c3ccccc3C(=O)O)s2)cc1. The molecule has 1 aromatic heterocycles. The van der Waals surface area contributed by atoms with Gasteiger partial charge in [-0.25, -0.2) is 4.79 Å². The van der Waals surface area contributed by atoms with Crippen LogP contribution in [-0.2, 0) is 0 Å². The summed E-state index contributed by atoms with van der Waals surface area (Å²) in [5.41, 5.74) is 0.844. The smallest absolute Gasteiger partial charge is 0.336 e. The van der Waals surface area contributed by atoms with Gasteiger partial charge in [0.05, 0.1) is 17.7 Å². The van der Waals surface area contributed by atoms with Crippen LogP contribution in [0.5, 0.6) is 5.75 Å². The zero-order valence-electron chi connectivity index (χ0n) is 13.8. The van der Waals surface area contributed by atoms with E-state index >= 15 is 0 Å². The Labute approximate surface area is 153 Å². The van der Waals surface area contributed by atoms with Crippen molar-refractivity contribution >= 4 is 28.3 Å². The number of anilines is 1. The third-order valence-corrected chi connectivity index (χ3v) is 4.35. The highest BCUT2D eigenvalue weighted by atomic mass is 32.1. The van der Waals surface area contributed by atoms with Gasteiger partial charge in [-0.05, 0) is 43.3 Å². The van der Waals surface area contributed by atoms with Gasteiger partial charge in [0, 0.05) is 5.56 Å². The van der Waals surface area contributed by atoms with Crippen molar-refractivity contribution in [3.05, 3.63) is 59.7 Å². The van der Waals surface area contributed by atoms with Gasteiger partial charge in [0.1, 0.15) is 10.8 Å². The highest BCUT2D eigenvalue weighted by Crippen LogP contribution is 2.28. The van der Waals surface area contributed by atoms with Crippen LogP contribution < -0.4 is 10.1 Å². The number of aromatic carboxylic acids is 1. The minimum absolute atomic E-state index is 0.0674. The molecule has 1 heterocycles. The zero-order chi connectivity index (χ0) is 18.5. The molecule has 0 aliphatic rings. The summed E-state index contributed by atoms with van der Waals surface area (Å²) in [6.45, 7) is 2.50. The summed E-state index contributed by atoms with van der Waals surface area (Å²) < 4.78 is 5.40. The highest BCUT2D eigenvalue weighted by Gasteiger charge is 2.17. The van der Waals surface area contributed by atoms with Crippen molar-refractivity contribution in [2.45, 2.75) is 6.92 Å². The fourth-order valence-corrected chi connectivity index (χ4v) is 3.03. The van der Waals surface area contributed by atoms with E-state index in [1.54, 1.807) is 12.1 Å². The van der Waals surface area contributed by atoms with Crippen molar-refractivity contribution in [3.63, 3.8) is 0 Å². The van der Waals surface area contributed by atoms with Crippen LogP contribution in [-0.4, -0.2) is 33.8 Å². The summed E-state index contributed by atoms with van der Waals surface area (Å²) >= 11 is 1.20. The predicted octanol–water partition coefficient (Wildman–Crippen LogP) is 3.55. The Kier molecular flexibility index (Phi) is 5.23. The normalized spacial score (nSPS) is 10.3. The molecule has 0 aliphatic heterocycles. The molecule has 0 saturated heterocycles. The number of rotatable bonds is 6. The highest BCUT2D eigenvalue weighted by molar-refractivity contribution is 7.18. The predicted molar refractivity (Wildman–Crippen MR) is 97.9 cm³/mol. The first-order valence-corrected chi connectivity index (χ1v) is 8.60. The van der Waals surface area contributed by atoms with Crippen LogP contribution in [0.25, 0.3) is 10.6 Å². The summed E-state index contributed by atoms with van der Waals surface area (Å²) in [6, 6.07) is 13.4. The van der Waals surface area contributed by atoms with Crippen molar-refractivity contribution in [1.82, 2.24) is 10.2 Å². The molecule has 8 heteroatoms. The second-order valence-electron chi connectivity index (χ2n) is 5.17. The van der Waals surface area contributed by atoms with Crippen LogP contribution >= 0.6 is 11.3 Å². The lowest BCUT2D eigenvalue weighted by atomic mass is 10.1. The number of carboxylic acid groups (broad SMARTS) is 1. The molecule has 0 fully saturated rings. The molecule has 3 aromatic rings. The van der Waals surface area contributed by atoms with Crippen LogP contribution in [0.3, 0.4) is 0 Å². The molecule has 2 N–H and O–H groups in total. The summed E-state index contributed by atoms with van der Waals surface area (Å²) in [5, 5.41) is 20.7. The summed E-state index contributed by atoms with van der Waals surface area (Å²) in [7, 11) is 0. The van der Waals surface area contributed by atoms with Crippen molar-refractivity contribution in [3.8, 4) is 16.3 Å². The standard InChI is InChI=1S/C18H15N3O4S/c1-2-25-12-9-7-11(8-10-12)16-20-21-18(26-16)19-15(22)13-5-3-4-6-14(13)17(23)24/h3-10H,2H2,1H3,(H,23,24)(H,19,21,22). The Hall–Kier alpha value is -3.26. The Morgan fingerprint density at radius 1 is 1.08 bits per heavy atom. The molecular weight excluding hydrogens is 354 g/mol. The van der Waals surface area contributed by atoms with Crippen LogP contribution in [0.1, 0.15) is 27.6 Å². The second kappa shape index (κ2) is 7.75. The number of carbonyl (C=O) groups excluding carboxylic acids is 1. The van der Waals surface area contributed by atoms with Crippen LogP contribution in [0.2, 0.25) is 0 Å². The van der Waals surface area contributed by atoms with Gasteiger partial charge in [-0.15, -0.1) is 10.2 Å². The largest absolute Gasteiger partial charge is 0.494 e. The first-order valence-electron chi connectivity index (χ1n) is 7.79. The maximum absolute atomic E-state index is 12.3. The molecule has 0 bridgehead atoms. The van der Waals surface area contributed by atoms with Gasteiger partial charge in [0.25, 0.3) is 5.91 Å². The van der Waals surface area contributed by atoms with Crippen LogP contribution in [0.4, 0.5) is 5.13 Å². The monoisotopic (exact) mass is 369 g/mol. The maximum Gasteiger partial charge on any atom is 0.336 e. The molecule has 3 rings (SSSR count). The average Bonchev–Trinajstić information content (AvgIpc) is 3.11. The second-order valence-corrected chi connectivity index (χ2v) is 6.15. The number of aromatic nitrogens is 2. The molecule has 26 heavy (non-hydrogen) atoms. The third kappa shape index (κ3) is 3.86. The number of carbonyl (C=O) groups is 2. The number of nitrogens with one attached hydrogen (secondary N) is 1. The molecule has 7 nitrogen and oxygen atoms in total. The van der Waals surface area contributed by atoms with Gasteiger partial charge in [-0.2, -0.15) is 0 Å². The van der Waals surface area contributed by atoms with Gasteiger partial charge < -0.3 is 9.84 Å². The summed E-state index contributed by atoms with van der Waals surface area (Å²) in [5.74, 6) is -0.944. The molecule has 0 saturated carbocycles. The van der Waals surface area contributed by atoms with E-state index in [-0.39, 0.29) is 11.1 Å². The first-order chi connectivity index (χ1) is 12.6. The minimum atomic E-state index is -1.16. The molecule has 0 unspecified atom stereocenters. The number of nitrogens with zero attached hydrogens (tertiary/aromatic N) is 2. The summed E-state index contributed by atoms with van der Waals surface area (Å²) in [4.78, 5) is 23.6. The van der Waals surface area contributed by atoms with Crippen molar-refractivity contribution in [1.29, 1.82) is 0 Å². The van der Waals surface area contributed by atoms with Crippen molar-refractivity contribution < 1.29 is 19.4 Å². The zero-order valence-corrected chi connectivity index (χ0v) is 14.6. The Balaban J connectivity index is 1.76. The number of amides is 1. The molecular formula is C18H15N3O4S. The Morgan fingerprint density at radius 3 is 2.42 bits per heavy atom. The maximum atomic E-state index is 12.3. The van der Waals surface area contributed by atoms with E-state index in [2.05, 4.69) is 15.5 Å². The first kappa shape index (κ1) is 17.6. The van der Waals surface area contributed by atoms with E-state index in [0.717, 1.165) is 11.3 Å². The van der Waals surface area contributed by atoms with Gasteiger partial charge in [-0.1, -0.05) is 23.5 Å². The molecule has 0 spiro atoms. The lowest BCUT2D eigenvalue weighted by Crippen LogP contribution is -2.16. The molecule has 0 radical (unpaired) electrons. The molecule has 2 aromatic carbocycles. The minimum Gasteiger partial charge on any atom is -0.494 e.